The zero-order valence-electron chi connectivity index (χ0n) is 15.8. The van der Waals surface area contributed by atoms with Gasteiger partial charge in [0.05, 0.1) is 0 Å². The van der Waals surface area contributed by atoms with Crippen LogP contribution < -0.4 is 10.2 Å². The molecule has 0 fully saturated rings. The van der Waals surface area contributed by atoms with E-state index in [1.165, 1.54) is 5.56 Å². The van der Waals surface area contributed by atoms with Crippen LogP contribution in [0.3, 0.4) is 0 Å². The van der Waals surface area contributed by atoms with E-state index in [9.17, 15) is 9.59 Å². The second kappa shape index (κ2) is 7.69. The van der Waals surface area contributed by atoms with Crippen LogP contribution in [0.15, 0.2) is 78.9 Å². The van der Waals surface area contributed by atoms with Gasteiger partial charge >= 0.3 is 0 Å². The molecule has 0 aliphatic carbocycles. The Kier molecular flexibility index (Phi) is 4.94. The molecule has 0 spiro atoms. The minimum absolute atomic E-state index is 0.0133. The summed E-state index contributed by atoms with van der Waals surface area (Å²) in [5.74, 6) is -0.182. The second-order valence-electron chi connectivity index (χ2n) is 7.09. The molecule has 1 N–H and O–H groups in total. The number of rotatable bonds is 3. The number of hydrogen-bond acceptors (Lipinski definition) is 2. The molecule has 0 saturated carbocycles. The Morgan fingerprint density at radius 2 is 1.54 bits per heavy atom. The van der Waals surface area contributed by atoms with E-state index in [0.717, 1.165) is 18.5 Å². The molecule has 4 rings (SSSR count). The zero-order chi connectivity index (χ0) is 19.5. The van der Waals surface area contributed by atoms with Crippen LogP contribution in [0.1, 0.15) is 39.6 Å². The Balaban J connectivity index is 1.53. The van der Waals surface area contributed by atoms with E-state index in [1.807, 2.05) is 41.3 Å². The number of amides is 2. The van der Waals surface area contributed by atoms with E-state index in [0.29, 0.717) is 16.8 Å². The van der Waals surface area contributed by atoms with Crippen molar-refractivity contribution >= 4 is 23.2 Å². The molecular weight excluding hydrogens is 348 g/mol. The summed E-state index contributed by atoms with van der Waals surface area (Å²) >= 11 is 0. The van der Waals surface area contributed by atoms with Crippen LogP contribution in [0.4, 0.5) is 11.4 Å². The Morgan fingerprint density at radius 3 is 2.29 bits per heavy atom. The summed E-state index contributed by atoms with van der Waals surface area (Å²) in [6.45, 7) is 2.09. The van der Waals surface area contributed by atoms with Gasteiger partial charge in [-0.1, -0.05) is 36.4 Å². The number of nitrogens with zero attached hydrogens (tertiary/aromatic N) is 1. The van der Waals surface area contributed by atoms with Crippen molar-refractivity contribution in [2.75, 3.05) is 10.2 Å². The predicted molar refractivity (Wildman–Crippen MR) is 112 cm³/mol. The van der Waals surface area contributed by atoms with Crippen LogP contribution in [-0.4, -0.2) is 17.9 Å². The summed E-state index contributed by atoms with van der Waals surface area (Å²) in [5.41, 5.74) is 4.08. The molecule has 3 aromatic rings. The zero-order valence-corrected chi connectivity index (χ0v) is 15.8. The molecule has 1 heterocycles. The molecule has 1 atom stereocenters. The second-order valence-corrected chi connectivity index (χ2v) is 7.09. The maximum atomic E-state index is 13.2. The Labute approximate surface area is 164 Å². The predicted octanol–water partition coefficient (Wildman–Crippen LogP) is 4.92. The minimum Gasteiger partial charge on any atom is -0.322 e. The number of nitrogens with one attached hydrogen (secondary N) is 1. The summed E-state index contributed by atoms with van der Waals surface area (Å²) in [5, 5.41) is 2.86. The number of aryl methyl sites for hydroxylation is 1. The van der Waals surface area contributed by atoms with Crippen LogP contribution in [0.5, 0.6) is 0 Å². The number of fused-ring (bicyclic) bond motifs is 1. The fourth-order valence-electron chi connectivity index (χ4n) is 3.63. The molecule has 3 aromatic carbocycles. The van der Waals surface area contributed by atoms with Gasteiger partial charge in [-0.2, -0.15) is 0 Å². The van der Waals surface area contributed by atoms with Gasteiger partial charge < -0.3 is 10.2 Å². The molecule has 2 amide bonds. The van der Waals surface area contributed by atoms with E-state index < -0.39 is 0 Å². The molecule has 0 bridgehead atoms. The normalized spacial score (nSPS) is 15.6. The van der Waals surface area contributed by atoms with Crippen LogP contribution >= 0.6 is 0 Å². The molecule has 28 heavy (non-hydrogen) atoms. The summed E-state index contributed by atoms with van der Waals surface area (Å²) in [6.07, 6.45) is 1.94. The average molecular weight is 370 g/mol. The molecule has 4 heteroatoms. The third-order valence-corrected chi connectivity index (χ3v) is 5.17. The molecule has 140 valence electrons. The highest BCUT2D eigenvalue weighted by molar-refractivity contribution is 6.08. The minimum atomic E-state index is -0.168. The van der Waals surface area contributed by atoms with Crippen molar-refractivity contribution in [3.05, 3.63) is 95.6 Å². The molecule has 4 nitrogen and oxygen atoms in total. The van der Waals surface area contributed by atoms with Crippen LogP contribution in [0, 0.1) is 0 Å². The van der Waals surface area contributed by atoms with E-state index in [2.05, 4.69) is 18.3 Å². The molecule has 1 unspecified atom stereocenters. The van der Waals surface area contributed by atoms with Gasteiger partial charge in [-0.3, -0.25) is 9.59 Å². The van der Waals surface area contributed by atoms with Crippen LogP contribution in [-0.2, 0) is 6.42 Å². The first-order valence-corrected chi connectivity index (χ1v) is 9.51. The van der Waals surface area contributed by atoms with Gasteiger partial charge in [0.15, 0.2) is 0 Å². The molecule has 1 aliphatic heterocycles. The van der Waals surface area contributed by atoms with Crippen molar-refractivity contribution in [1.82, 2.24) is 0 Å². The van der Waals surface area contributed by atoms with Crippen molar-refractivity contribution in [2.45, 2.75) is 25.8 Å². The Hall–Kier alpha value is -3.40. The van der Waals surface area contributed by atoms with E-state index in [4.69, 9.17) is 0 Å². The van der Waals surface area contributed by atoms with E-state index in [1.54, 1.807) is 36.4 Å². The van der Waals surface area contributed by atoms with Crippen molar-refractivity contribution in [3.8, 4) is 0 Å². The number of carbonyl (C=O) groups is 2. The molecule has 0 aromatic heterocycles. The Bertz CT molecular complexity index is 997. The largest absolute Gasteiger partial charge is 0.322 e. The van der Waals surface area contributed by atoms with Gasteiger partial charge in [0.2, 0.25) is 0 Å². The third-order valence-electron chi connectivity index (χ3n) is 5.17. The molecule has 0 radical (unpaired) electrons. The fraction of sp³-hybridized carbons (Fsp3) is 0.167. The SMILES string of the molecule is CC1CCc2ccccc2N1C(=O)c1ccc(NC(=O)c2ccccc2)cc1. The number of hydrogen-bond donors (Lipinski definition) is 1. The number of anilines is 2. The fourth-order valence-corrected chi connectivity index (χ4v) is 3.63. The quantitative estimate of drug-likeness (QED) is 0.711. The smallest absolute Gasteiger partial charge is 0.258 e. The van der Waals surface area contributed by atoms with Crippen LogP contribution in [0.25, 0.3) is 0 Å². The summed E-state index contributed by atoms with van der Waals surface area (Å²) in [7, 11) is 0. The lowest BCUT2D eigenvalue weighted by atomic mass is 9.95. The van der Waals surface area contributed by atoms with Crippen molar-refractivity contribution in [2.24, 2.45) is 0 Å². The number of carbonyl (C=O) groups excluding carboxylic acids is 2. The maximum absolute atomic E-state index is 13.2. The summed E-state index contributed by atoms with van der Waals surface area (Å²) < 4.78 is 0. The molecule has 1 aliphatic rings. The Morgan fingerprint density at radius 1 is 0.857 bits per heavy atom. The standard InChI is InChI=1S/C24H22N2O2/c1-17-11-12-18-7-5-6-10-22(18)26(17)24(28)20-13-15-21(16-14-20)25-23(27)19-8-3-2-4-9-19/h2-10,13-17H,11-12H2,1H3,(H,25,27). The topological polar surface area (TPSA) is 49.4 Å². The number of benzene rings is 3. The first-order chi connectivity index (χ1) is 13.6. The highest BCUT2D eigenvalue weighted by atomic mass is 16.2. The van der Waals surface area contributed by atoms with Gasteiger partial charge in [-0.15, -0.1) is 0 Å². The lowest BCUT2D eigenvalue weighted by Crippen LogP contribution is -2.42. The highest BCUT2D eigenvalue weighted by Crippen LogP contribution is 2.31. The lowest BCUT2D eigenvalue weighted by Gasteiger charge is -2.35. The third kappa shape index (κ3) is 3.54. The van der Waals surface area contributed by atoms with Crippen LogP contribution in [0.2, 0.25) is 0 Å². The van der Waals surface area contributed by atoms with Gasteiger partial charge in [-0.25, -0.2) is 0 Å². The summed E-state index contributed by atoms with van der Waals surface area (Å²) in [6, 6.07) is 24.4. The first kappa shape index (κ1) is 18.0. The lowest BCUT2D eigenvalue weighted by molar-refractivity contribution is 0.0974. The van der Waals surface area contributed by atoms with Crippen molar-refractivity contribution < 1.29 is 9.59 Å². The van der Waals surface area contributed by atoms with E-state index >= 15 is 0 Å². The van der Waals surface area contributed by atoms with Gasteiger partial charge in [-0.05, 0) is 67.8 Å². The van der Waals surface area contributed by atoms with E-state index in [-0.39, 0.29) is 17.9 Å². The van der Waals surface area contributed by atoms with Crippen molar-refractivity contribution in [3.63, 3.8) is 0 Å². The molecule has 0 saturated heterocycles. The highest BCUT2D eigenvalue weighted by Gasteiger charge is 2.28. The van der Waals surface area contributed by atoms with Gasteiger partial charge in [0.25, 0.3) is 11.8 Å². The number of para-hydroxylation sites is 1. The monoisotopic (exact) mass is 370 g/mol. The van der Waals surface area contributed by atoms with Gasteiger partial charge in [0, 0.05) is 28.5 Å². The first-order valence-electron chi connectivity index (χ1n) is 9.51. The van der Waals surface area contributed by atoms with Gasteiger partial charge in [0.1, 0.15) is 0 Å². The average Bonchev–Trinajstić information content (AvgIpc) is 2.74. The maximum Gasteiger partial charge on any atom is 0.258 e. The van der Waals surface area contributed by atoms with Crippen molar-refractivity contribution in [1.29, 1.82) is 0 Å². The molecular formula is C24H22N2O2. The summed E-state index contributed by atoms with van der Waals surface area (Å²) in [4.78, 5) is 27.3.